The lowest BCUT2D eigenvalue weighted by Gasteiger charge is -2.10. The fourth-order valence-electron chi connectivity index (χ4n) is 3.61. The van der Waals surface area contributed by atoms with E-state index in [0.29, 0.717) is 28.0 Å². The molecule has 1 amide bonds. The molecule has 0 unspecified atom stereocenters. The number of hydrogen-bond donors (Lipinski definition) is 1. The van der Waals surface area contributed by atoms with Crippen LogP contribution in [0.3, 0.4) is 0 Å². The highest BCUT2D eigenvalue weighted by Gasteiger charge is 2.15. The second kappa shape index (κ2) is 9.96. The topological polar surface area (TPSA) is 94.6 Å². The van der Waals surface area contributed by atoms with Crippen molar-refractivity contribution in [2.24, 2.45) is 0 Å². The predicted octanol–water partition coefficient (Wildman–Crippen LogP) is 6.30. The molecule has 0 aliphatic heterocycles. The quantitative estimate of drug-likeness (QED) is 0.254. The molecule has 5 aromatic rings. The van der Waals surface area contributed by atoms with Gasteiger partial charge in [-0.15, -0.1) is 10.2 Å². The minimum absolute atomic E-state index is 0.326. The van der Waals surface area contributed by atoms with Gasteiger partial charge in [-0.25, -0.2) is 0 Å². The first-order valence-corrected chi connectivity index (χ1v) is 12.4. The van der Waals surface area contributed by atoms with E-state index in [-0.39, 0.29) is 5.91 Å². The Morgan fingerprint density at radius 2 is 2.00 bits per heavy atom. The number of halogens is 1. The van der Waals surface area contributed by atoms with Crippen LogP contribution in [0.15, 0.2) is 59.0 Å². The van der Waals surface area contributed by atoms with Crippen molar-refractivity contribution in [1.82, 2.24) is 19.8 Å². The largest absolute Gasteiger partial charge is 0.495 e. The molecule has 0 aliphatic carbocycles. The van der Waals surface area contributed by atoms with E-state index in [4.69, 9.17) is 20.8 Å². The van der Waals surface area contributed by atoms with E-state index in [2.05, 4.69) is 20.6 Å². The number of carbonyl (C=O) groups is 1. The summed E-state index contributed by atoms with van der Waals surface area (Å²) in [5.74, 6) is 2.22. The third-order valence-electron chi connectivity index (χ3n) is 5.56. The minimum atomic E-state index is -0.326. The van der Waals surface area contributed by atoms with E-state index < -0.39 is 0 Å². The molecule has 0 fully saturated rings. The van der Waals surface area contributed by atoms with Crippen LogP contribution >= 0.6 is 22.9 Å². The van der Waals surface area contributed by atoms with Crippen LogP contribution in [0.2, 0.25) is 5.02 Å². The maximum absolute atomic E-state index is 12.7. The Morgan fingerprint density at radius 3 is 2.78 bits per heavy atom. The van der Waals surface area contributed by atoms with Crippen LogP contribution in [0.1, 0.15) is 24.1 Å². The summed E-state index contributed by atoms with van der Waals surface area (Å²) < 4.78 is 13.0. The number of benzene rings is 2. The van der Waals surface area contributed by atoms with Crippen LogP contribution in [0.5, 0.6) is 5.75 Å². The molecule has 0 saturated heterocycles. The number of fused-ring (bicyclic) bond motifs is 1. The average molecular weight is 520 g/mol. The first-order valence-electron chi connectivity index (χ1n) is 11.2. The van der Waals surface area contributed by atoms with Gasteiger partial charge in [0, 0.05) is 28.6 Å². The van der Waals surface area contributed by atoms with Crippen molar-refractivity contribution in [2.45, 2.75) is 20.3 Å². The molecule has 0 spiro atoms. The van der Waals surface area contributed by atoms with Crippen LogP contribution in [0.4, 0.5) is 5.69 Å². The molecular weight excluding hydrogens is 498 g/mol. The first-order chi connectivity index (χ1) is 17.4. The number of furan rings is 1. The molecule has 3 heterocycles. The minimum Gasteiger partial charge on any atom is -0.495 e. The summed E-state index contributed by atoms with van der Waals surface area (Å²) in [6, 6.07) is 14.9. The normalized spacial score (nSPS) is 11.4. The van der Waals surface area contributed by atoms with Gasteiger partial charge in [0.25, 0.3) is 0 Å². The Balaban J connectivity index is 1.33. The molecule has 36 heavy (non-hydrogen) atoms. The number of nitrogens with zero attached hydrogens (tertiary/aromatic N) is 4. The number of rotatable bonds is 7. The number of carbonyl (C=O) groups excluding carboxylic acids is 1. The zero-order valence-corrected chi connectivity index (χ0v) is 21.4. The summed E-state index contributed by atoms with van der Waals surface area (Å²) in [5.41, 5.74) is 3.23. The van der Waals surface area contributed by atoms with Crippen LogP contribution in [-0.2, 0) is 11.2 Å². The summed E-state index contributed by atoms with van der Waals surface area (Å²) >= 11 is 7.65. The van der Waals surface area contributed by atoms with E-state index in [1.54, 1.807) is 29.8 Å². The van der Waals surface area contributed by atoms with Crippen molar-refractivity contribution in [1.29, 1.82) is 0 Å². The highest BCUT2D eigenvalue weighted by molar-refractivity contribution is 7.19. The van der Waals surface area contributed by atoms with E-state index >= 15 is 0 Å². The van der Waals surface area contributed by atoms with Crippen molar-refractivity contribution < 1.29 is 13.9 Å². The van der Waals surface area contributed by atoms with Crippen molar-refractivity contribution in [3.8, 4) is 27.6 Å². The molecule has 1 N–H and O–H groups in total. The Labute approximate surface area is 216 Å². The second-order valence-corrected chi connectivity index (χ2v) is 9.34. The number of amides is 1. The van der Waals surface area contributed by atoms with E-state index in [1.165, 1.54) is 17.4 Å². The third kappa shape index (κ3) is 4.75. The third-order valence-corrected chi connectivity index (χ3v) is 6.91. The Kier molecular flexibility index (Phi) is 6.58. The number of nitrogens with one attached hydrogen (secondary N) is 1. The molecule has 182 valence electrons. The molecule has 0 atom stereocenters. The van der Waals surface area contributed by atoms with Gasteiger partial charge < -0.3 is 14.5 Å². The molecule has 5 rings (SSSR count). The molecule has 0 radical (unpaired) electrons. The number of ether oxygens (including phenoxy) is 1. The molecule has 0 aliphatic rings. The van der Waals surface area contributed by atoms with Gasteiger partial charge in [0.15, 0.2) is 5.82 Å². The highest BCUT2D eigenvalue weighted by Crippen LogP contribution is 2.33. The SMILES string of the molecule is CCc1nnc2sc(-c3ccc(OC)c(NC(=O)/C=C/c4ccc(-c5ccc(C)c(Cl)c5)o4)c3)nn12. The summed E-state index contributed by atoms with van der Waals surface area (Å²) in [6.07, 6.45) is 3.75. The van der Waals surface area contributed by atoms with Crippen LogP contribution in [-0.4, -0.2) is 32.8 Å². The van der Waals surface area contributed by atoms with Gasteiger partial charge in [-0.3, -0.25) is 4.79 Å². The fraction of sp³-hybridized carbons (Fsp3) is 0.154. The van der Waals surface area contributed by atoms with Gasteiger partial charge >= 0.3 is 0 Å². The number of hydrogen-bond acceptors (Lipinski definition) is 7. The standard InChI is InChI=1S/C26H22ClN5O3S/c1-4-23-29-30-26-32(23)31-25(36-26)17-7-10-22(34-3)20(14-17)28-24(33)12-9-18-8-11-21(35-18)16-6-5-15(2)19(27)13-16/h5-14H,4H2,1-3H3,(H,28,33)/b12-9+. The van der Waals surface area contributed by atoms with Crippen molar-refractivity contribution in [2.75, 3.05) is 12.4 Å². The maximum atomic E-state index is 12.7. The molecule has 8 nitrogen and oxygen atoms in total. The number of aromatic nitrogens is 4. The maximum Gasteiger partial charge on any atom is 0.248 e. The van der Waals surface area contributed by atoms with Gasteiger partial charge in [0.1, 0.15) is 22.3 Å². The lowest BCUT2D eigenvalue weighted by atomic mass is 10.1. The second-order valence-electron chi connectivity index (χ2n) is 7.97. The van der Waals surface area contributed by atoms with Gasteiger partial charge in [-0.2, -0.15) is 9.61 Å². The average Bonchev–Trinajstić information content (AvgIpc) is 3.60. The Morgan fingerprint density at radius 1 is 1.17 bits per heavy atom. The summed E-state index contributed by atoms with van der Waals surface area (Å²) in [4.78, 5) is 13.4. The predicted molar refractivity (Wildman–Crippen MR) is 142 cm³/mol. The number of anilines is 1. The van der Waals surface area contributed by atoms with Gasteiger partial charge in [-0.1, -0.05) is 42.0 Å². The monoisotopic (exact) mass is 519 g/mol. The fourth-order valence-corrected chi connectivity index (χ4v) is 4.64. The number of aryl methyl sites for hydroxylation is 2. The van der Waals surface area contributed by atoms with E-state index in [1.807, 2.05) is 50.2 Å². The van der Waals surface area contributed by atoms with Crippen molar-refractivity contribution in [3.05, 3.63) is 76.8 Å². The zero-order chi connectivity index (χ0) is 25.2. The molecule has 10 heteroatoms. The molecule has 0 bridgehead atoms. The molecule has 3 aromatic heterocycles. The van der Waals surface area contributed by atoms with Gasteiger partial charge in [0.2, 0.25) is 10.9 Å². The summed E-state index contributed by atoms with van der Waals surface area (Å²) in [5, 5.41) is 17.2. The van der Waals surface area contributed by atoms with Gasteiger partial charge in [0.05, 0.1) is 12.8 Å². The Bertz CT molecular complexity index is 1600. The van der Waals surface area contributed by atoms with Crippen molar-refractivity contribution >= 4 is 45.6 Å². The molecule has 0 saturated carbocycles. The van der Waals surface area contributed by atoms with Crippen LogP contribution in [0.25, 0.3) is 32.9 Å². The smallest absolute Gasteiger partial charge is 0.248 e. The lowest BCUT2D eigenvalue weighted by molar-refractivity contribution is -0.111. The number of methoxy groups -OCH3 is 1. The lowest BCUT2D eigenvalue weighted by Crippen LogP contribution is -2.09. The summed E-state index contributed by atoms with van der Waals surface area (Å²) in [7, 11) is 1.55. The first kappa shape index (κ1) is 23.8. The van der Waals surface area contributed by atoms with E-state index in [0.717, 1.165) is 38.9 Å². The molecular formula is C26H22ClN5O3S. The van der Waals surface area contributed by atoms with Gasteiger partial charge in [-0.05, 0) is 55.0 Å². The van der Waals surface area contributed by atoms with Crippen molar-refractivity contribution in [3.63, 3.8) is 0 Å². The van der Waals surface area contributed by atoms with Crippen LogP contribution in [0, 0.1) is 6.92 Å². The zero-order valence-electron chi connectivity index (χ0n) is 19.8. The van der Waals surface area contributed by atoms with Crippen LogP contribution < -0.4 is 10.1 Å². The highest BCUT2D eigenvalue weighted by atomic mass is 35.5. The Hall–Kier alpha value is -3.95. The molecule has 2 aromatic carbocycles. The van der Waals surface area contributed by atoms with E-state index in [9.17, 15) is 4.79 Å². The summed E-state index contributed by atoms with van der Waals surface area (Å²) in [6.45, 7) is 3.95.